The third kappa shape index (κ3) is 3.95. The number of aliphatic hydroxyl groups excluding tert-OH is 1. The van der Waals surface area contributed by atoms with E-state index in [1.807, 2.05) is 0 Å². The lowest BCUT2D eigenvalue weighted by molar-refractivity contribution is -0.0632. The van der Waals surface area contributed by atoms with Crippen LogP contribution in [0.1, 0.15) is 33.6 Å². The number of ether oxygens (including phenoxy) is 1. The lowest BCUT2D eigenvalue weighted by atomic mass is 9.93. The molecule has 0 aromatic heterocycles. The van der Waals surface area contributed by atoms with Crippen molar-refractivity contribution in [1.29, 1.82) is 0 Å². The zero-order valence-electron chi connectivity index (χ0n) is 9.55. The van der Waals surface area contributed by atoms with Crippen LogP contribution in [0.25, 0.3) is 0 Å². The van der Waals surface area contributed by atoms with Gasteiger partial charge in [0, 0.05) is 25.8 Å². The van der Waals surface area contributed by atoms with Crippen molar-refractivity contribution in [3.8, 4) is 0 Å². The van der Waals surface area contributed by atoms with Crippen LogP contribution in [0.4, 0.5) is 0 Å². The monoisotopic (exact) mass is 201 g/mol. The lowest BCUT2D eigenvalue weighted by Crippen LogP contribution is -2.45. The zero-order valence-corrected chi connectivity index (χ0v) is 9.55. The summed E-state index contributed by atoms with van der Waals surface area (Å²) in [4.78, 5) is 0. The van der Waals surface area contributed by atoms with Crippen molar-refractivity contribution in [2.75, 3.05) is 19.8 Å². The number of rotatable bonds is 4. The van der Waals surface area contributed by atoms with Gasteiger partial charge in [-0.1, -0.05) is 6.92 Å². The summed E-state index contributed by atoms with van der Waals surface area (Å²) in [5, 5.41) is 12.4. The molecule has 0 aromatic carbocycles. The Balaban J connectivity index is 2.24. The summed E-state index contributed by atoms with van der Waals surface area (Å²) < 4.78 is 5.64. The van der Waals surface area contributed by atoms with Gasteiger partial charge in [-0.05, 0) is 32.6 Å². The Morgan fingerprint density at radius 2 is 2.29 bits per heavy atom. The molecule has 1 heterocycles. The minimum Gasteiger partial charge on any atom is -0.396 e. The highest BCUT2D eigenvalue weighted by molar-refractivity contribution is 4.83. The molecule has 84 valence electrons. The maximum Gasteiger partial charge on any atom is 0.0641 e. The summed E-state index contributed by atoms with van der Waals surface area (Å²) in [7, 11) is 0. The number of hydrogen-bond acceptors (Lipinski definition) is 3. The summed E-state index contributed by atoms with van der Waals surface area (Å²) in [5.41, 5.74) is 0.0123. The molecule has 14 heavy (non-hydrogen) atoms. The molecule has 1 aliphatic rings. The molecular formula is C11H23NO2. The van der Waals surface area contributed by atoms with Crippen molar-refractivity contribution < 1.29 is 9.84 Å². The molecule has 3 heteroatoms. The Morgan fingerprint density at radius 1 is 1.57 bits per heavy atom. The molecule has 2 N–H and O–H groups in total. The first-order chi connectivity index (χ1) is 6.53. The molecule has 0 aliphatic carbocycles. The van der Waals surface area contributed by atoms with Crippen LogP contribution < -0.4 is 5.32 Å². The molecule has 0 aromatic rings. The molecule has 1 rings (SSSR count). The van der Waals surface area contributed by atoms with E-state index < -0.39 is 0 Å². The van der Waals surface area contributed by atoms with Crippen LogP contribution in [0.15, 0.2) is 0 Å². The van der Waals surface area contributed by atoms with Crippen LogP contribution in [0.2, 0.25) is 0 Å². The maximum atomic E-state index is 8.90. The summed E-state index contributed by atoms with van der Waals surface area (Å²) in [6.45, 7) is 8.33. The van der Waals surface area contributed by atoms with Crippen LogP contribution in [0, 0.1) is 5.92 Å². The van der Waals surface area contributed by atoms with Gasteiger partial charge in [-0.15, -0.1) is 0 Å². The second-order valence-corrected chi connectivity index (χ2v) is 4.99. The first kappa shape index (κ1) is 12.0. The van der Waals surface area contributed by atoms with Crippen molar-refractivity contribution in [3.63, 3.8) is 0 Å². The molecule has 1 saturated heterocycles. The minimum absolute atomic E-state index is 0.0123. The first-order valence-corrected chi connectivity index (χ1v) is 5.52. The fourth-order valence-electron chi connectivity index (χ4n) is 1.84. The molecule has 2 atom stereocenters. The van der Waals surface area contributed by atoms with E-state index in [1.165, 1.54) is 0 Å². The fourth-order valence-corrected chi connectivity index (χ4v) is 1.84. The quantitative estimate of drug-likeness (QED) is 0.717. The normalized spacial score (nSPS) is 28.7. The van der Waals surface area contributed by atoms with Crippen molar-refractivity contribution in [1.82, 2.24) is 5.32 Å². The average Bonchev–Trinajstić information content (AvgIpc) is 2.12. The highest BCUT2D eigenvalue weighted by Gasteiger charge is 2.28. The molecule has 0 bridgehead atoms. The molecule has 1 aliphatic heterocycles. The first-order valence-electron chi connectivity index (χ1n) is 5.52. The zero-order chi connectivity index (χ0) is 10.6. The van der Waals surface area contributed by atoms with Gasteiger partial charge in [0.1, 0.15) is 0 Å². The topological polar surface area (TPSA) is 41.5 Å². The van der Waals surface area contributed by atoms with Crippen molar-refractivity contribution in [3.05, 3.63) is 0 Å². The van der Waals surface area contributed by atoms with E-state index in [4.69, 9.17) is 9.84 Å². The van der Waals surface area contributed by atoms with Crippen LogP contribution in [0.5, 0.6) is 0 Å². The predicted octanol–water partition coefficient (Wildman–Crippen LogP) is 1.16. The Bertz CT molecular complexity index is 171. The summed E-state index contributed by atoms with van der Waals surface area (Å²) in [6.07, 6.45) is 2.15. The van der Waals surface area contributed by atoms with E-state index >= 15 is 0 Å². The van der Waals surface area contributed by atoms with Crippen molar-refractivity contribution in [2.24, 2.45) is 5.92 Å². The Labute approximate surface area is 86.8 Å². The summed E-state index contributed by atoms with van der Waals surface area (Å²) in [6, 6.07) is 0.549. The van der Waals surface area contributed by atoms with Gasteiger partial charge in [0.15, 0.2) is 0 Å². The van der Waals surface area contributed by atoms with Gasteiger partial charge in [0.05, 0.1) is 5.60 Å². The Kier molecular flexibility index (Phi) is 4.35. The minimum atomic E-state index is 0.0123. The lowest BCUT2D eigenvalue weighted by Gasteiger charge is -2.36. The highest BCUT2D eigenvalue weighted by Crippen LogP contribution is 2.23. The van der Waals surface area contributed by atoms with Crippen molar-refractivity contribution >= 4 is 0 Å². The van der Waals surface area contributed by atoms with Gasteiger partial charge in [0.2, 0.25) is 0 Å². The van der Waals surface area contributed by atoms with E-state index in [-0.39, 0.29) is 12.2 Å². The van der Waals surface area contributed by atoms with Gasteiger partial charge in [-0.2, -0.15) is 0 Å². The van der Waals surface area contributed by atoms with Crippen LogP contribution in [0.3, 0.4) is 0 Å². The molecule has 1 fully saturated rings. The van der Waals surface area contributed by atoms with E-state index in [2.05, 4.69) is 26.1 Å². The highest BCUT2D eigenvalue weighted by atomic mass is 16.5. The third-order valence-electron chi connectivity index (χ3n) is 2.76. The predicted molar refractivity (Wildman–Crippen MR) is 57.3 cm³/mol. The average molecular weight is 201 g/mol. The van der Waals surface area contributed by atoms with E-state index in [9.17, 15) is 0 Å². The maximum absolute atomic E-state index is 8.90. The van der Waals surface area contributed by atoms with Gasteiger partial charge < -0.3 is 15.2 Å². The fraction of sp³-hybridized carbons (Fsp3) is 1.00. The second-order valence-electron chi connectivity index (χ2n) is 4.99. The van der Waals surface area contributed by atoms with Gasteiger partial charge >= 0.3 is 0 Å². The molecule has 3 nitrogen and oxygen atoms in total. The van der Waals surface area contributed by atoms with E-state index in [1.54, 1.807) is 0 Å². The molecule has 2 unspecified atom stereocenters. The van der Waals surface area contributed by atoms with Crippen LogP contribution in [-0.4, -0.2) is 36.5 Å². The molecular weight excluding hydrogens is 178 g/mol. The SMILES string of the molecule is CC(CO)CNC1CCOC(C)(C)C1. The largest absolute Gasteiger partial charge is 0.396 e. The number of nitrogens with one attached hydrogen (secondary N) is 1. The molecule has 0 spiro atoms. The van der Waals surface area contributed by atoms with Gasteiger partial charge in [0.25, 0.3) is 0 Å². The number of aliphatic hydroxyl groups is 1. The Morgan fingerprint density at radius 3 is 2.86 bits per heavy atom. The Hall–Kier alpha value is -0.120. The third-order valence-corrected chi connectivity index (χ3v) is 2.76. The van der Waals surface area contributed by atoms with E-state index in [0.29, 0.717) is 12.0 Å². The van der Waals surface area contributed by atoms with Gasteiger partial charge in [-0.3, -0.25) is 0 Å². The number of hydrogen-bond donors (Lipinski definition) is 2. The summed E-state index contributed by atoms with van der Waals surface area (Å²) in [5.74, 6) is 0.348. The molecule has 0 radical (unpaired) electrons. The van der Waals surface area contributed by atoms with Crippen molar-refractivity contribution in [2.45, 2.75) is 45.3 Å². The molecule has 0 amide bonds. The van der Waals surface area contributed by atoms with Gasteiger partial charge in [-0.25, -0.2) is 0 Å². The van der Waals surface area contributed by atoms with E-state index in [0.717, 1.165) is 26.0 Å². The van der Waals surface area contributed by atoms with Crippen LogP contribution in [-0.2, 0) is 4.74 Å². The second kappa shape index (κ2) is 5.10. The summed E-state index contributed by atoms with van der Waals surface area (Å²) >= 11 is 0. The standard InChI is InChI=1S/C11H23NO2/c1-9(8-13)7-12-10-4-5-14-11(2,3)6-10/h9-10,12-13H,4-8H2,1-3H3. The smallest absolute Gasteiger partial charge is 0.0641 e. The van der Waals surface area contributed by atoms with Crippen LogP contribution >= 0.6 is 0 Å². The molecule has 0 saturated carbocycles.